The van der Waals surface area contributed by atoms with E-state index in [1.807, 2.05) is 0 Å². The number of benzene rings is 3. The molecule has 39 heavy (non-hydrogen) atoms. The molecule has 3 amide bonds. The number of imide groups is 1. The standard InChI is InChI=1S/C26H18Cl2FN5O5/c27-19-10-16(32-33-22(12-30)24(35)31-26(37)38)11-20(28)23(19)39-17-5-6-18-14(9-17)7-8-34(25(18)36)13-15-3-1-2-4-21(15)29/h1-6,9-11,32H,7-8,13H2,(H,31,35)(H,37,38)/b33-22+. The lowest BCUT2D eigenvalue weighted by atomic mass is 9.98. The molecule has 4 rings (SSSR count). The highest BCUT2D eigenvalue weighted by molar-refractivity contribution is 6.46. The van der Waals surface area contributed by atoms with Crippen LogP contribution in [0.3, 0.4) is 0 Å². The third kappa shape index (κ3) is 6.43. The monoisotopic (exact) mass is 569 g/mol. The molecular weight excluding hydrogens is 552 g/mol. The minimum absolute atomic E-state index is 0.0681. The Bertz CT molecular complexity index is 1530. The number of carbonyl (C=O) groups excluding carboxylic acids is 2. The van der Waals surface area contributed by atoms with Crippen LogP contribution in [0.1, 0.15) is 21.5 Å². The number of hydrogen-bond acceptors (Lipinski definition) is 7. The molecule has 10 nitrogen and oxygen atoms in total. The number of fused-ring (bicyclic) bond motifs is 1. The predicted octanol–water partition coefficient (Wildman–Crippen LogP) is 5.21. The Hall–Kier alpha value is -4.66. The second kappa shape index (κ2) is 11.8. The van der Waals surface area contributed by atoms with E-state index in [1.165, 1.54) is 29.6 Å². The zero-order valence-corrected chi connectivity index (χ0v) is 21.4. The van der Waals surface area contributed by atoms with E-state index in [4.69, 9.17) is 38.3 Å². The Labute approximate surface area is 231 Å². The van der Waals surface area contributed by atoms with E-state index in [0.717, 1.165) is 5.56 Å². The Morgan fingerprint density at radius 1 is 1.15 bits per heavy atom. The molecule has 0 saturated carbocycles. The first-order valence-electron chi connectivity index (χ1n) is 11.3. The fourth-order valence-electron chi connectivity index (χ4n) is 3.80. The van der Waals surface area contributed by atoms with Crippen molar-refractivity contribution < 1.29 is 28.6 Å². The van der Waals surface area contributed by atoms with Crippen molar-refractivity contribution in [1.82, 2.24) is 10.2 Å². The highest BCUT2D eigenvalue weighted by Crippen LogP contribution is 2.39. The van der Waals surface area contributed by atoms with E-state index in [0.29, 0.717) is 29.8 Å². The smallest absolute Gasteiger partial charge is 0.411 e. The molecule has 13 heteroatoms. The van der Waals surface area contributed by atoms with Crippen molar-refractivity contribution in [1.29, 1.82) is 5.26 Å². The van der Waals surface area contributed by atoms with Gasteiger partial charge in [-0.15, -0.1) is 0 Å². The van der Waals surface area contributed by atoms with Crippen LogP contribution in [0.5, 0.6) is 11.5 Å². The van der Waals surface area contributed by atoms with Crippen LogP contribution >= 0.6 is 23.2 Å². The van der Waals surface area contributed by atoms with E-state index in [-0.39, 0.29) is 39.8 Å². The second-order valence-corrected chi connectivity index (χ2v) is 9.02. The number of anilines is 1. The van der Waals surface area contributed by atoms with E-state index in [9.17, 15) is 18.8 Å². The minimum Gasteiger partial charge on any atom is -0.465 e. The largest absolute Gasteiger partial charge is 0.465 e. The Morgan fingerprint density at radius 2 is 1.87 bits per heavy atom. The zero-order valence-electron chi connectivity index (χ0n) is 19.9. The average molecular weight is 570 g/mol. The van der Waals surface area contributed by atoms with Gasteiger partial charge in [0.15, 0.2) is 5.75 Å². The molecular formula is C26H18Cl2FN5O5. The summed E-state index contributed by atoms with van der Waals surface area (Å²) < 4.78 is 19.9. The summed E-state index contributed by atoms with van der Waals surface area (Å²) in [6, 6.07) is 15.5. The van der Waals surface area contributed by atoms with Gasteiger partial charge in [-0.05, 0) is 48.4 Å². The lowest BCUT2D eigenvalue weighted by Crippen LogP contribution is -2.37. The first kappa shape index (κ1) is 27.4. The molecule has 1 aliphatic rings. The number of carbonyl (C=O) groups is 3. The fraction of sp³-hybridized carbons (Fsp3) is 0.115. The number of halogens is 3. The number of amides is 3. The molecule has 0 spiro atoms. The van der Waals surface area contributed by atoms with Crippen LogP contribution in [0.25, 0.3) is 0 Å². The summed E-state index contributed by atoms with van der Waals surface area (Å²) in [5.41, 5.74) is 3.55. The van der Waals surface area contributed by atoms with Crippen LogP contribution in [0.2, 0.25) is 10.0 Å². The molecule has 0 radical (unpaired) electrons. The lowest BCUT2D eigenvalue weighted by molar-refractivity contribution is -0.114. The van der Waals surface area contributed by atoms with E-state index < -0.39 is 17.7 Å². The van der Waals surface area contributed by atoms with Crippen LogP contribution in [-0.2, 0) is 17.8 Å². The maximum Gasteiger partial charge on any atom is 0.411 e. The Morgan fingerprint density at radius 3 is 2.54 bits per heavy atom. The molecule has 0 saturated heterocycles. The molecule has 198 valence electrons. The van der Waals surface area contributed by atoms with Gasteiger partial charge >= 0.3 is 6.09 Å². The maximum atomic E-state index is 14.1. The van der Waals surface area contributed by atoms with Crippen LogP contribution in [0.4, 0.5) is 14.9 Å². The SMILES string of the molecule is N#C/C(=N\Nc1cc(Cl)c(Oc2ccc3c(c2)CCN(Cc2ccccc2F)C3=O)c(Cl)c1)C(=O)NC(=O)O. The molecule has 0 fully saturated rings. The highest BCUT2D eigenvalue weighted by Gasteiger charge is 2.26. The Kier molecular flexibility index (Phi) is 8.29. The topological polar surface area (TPSA) is 144 Å². The first-order valence-corrected chi connectivity index (χ1v) is 12.0. The summed E-state index contributed by atoms with van der Waals surface area (Å²) in [6.45, 7) is 0.570. The van der Waals surface area contributed by atoms with E-state index in [1.54, 1.807) is 41.3 Å². The maximum absolute atomic E-state index is 14.1. The van der Waals surface area contributed by atoms with Crippen molar-refractivity contribution in [3.05, 3.63) is 87.2 Å². The van der Waals surface area contributed by atoms with Crippen molar-refractivity contribution in [2.75, 3.05) is 12.0 Å². The quantitative estimate of drug-likeness (QED) is 0.261. The van der Waals surface area contributed by atoms with Gasteiger partial charge in [0.1, 0.15) is 17.6 Å². The Balaban J connectivity index is 1.47. The van der Waals surface area contributed by atoms with Gasteiger partial charge in [-0.1, -0.05) is 41.4 Å². The molecule has 0 aliphatic carbocycles. The lowest BCUT2D eigenvalue weighted by Gasteiger charge is -2.29. The first-order chi connectivity index (χ1) is 18.7. The number of hydrogen-bond donors (Lipinski definition) is 3. The normalized spacial score (nSPS) is 12.8. The molecule has 1 aliphatic heterocycles. The number of nitrogens with zero attached hydrogens (tertiary/aromatic N) is 3. The molecule has 1 heterocycles. The van der Waals surface area contributed by atoms with Gasteiger partial charge in [0, 0.05) is 24.2 Å². The minimum atomic E-state index is -1.64. The van der Waals surface area contributed by atoms with Crippen LogP contribution in [0.15, 0.2) is 59.7 Å². The summed E-state index contributed by atoms with van der Waals surface area (Å²) in [6.07, 6.45) is -1.10. The van der Waals surface area contributed by atoms with Gasteiger partial charge in [-0.2, -0.15) is 10.4 Å². The number of nitrogens with one attached hydrogen (secondary N) is 2. The summed E-state index contributed by atoms with van der Waals surface area (Å²) >= 11 is 12.7. The van der Waals surface area contributed by atoms with Crippen LogP contribution in [-0.4, -0.2) is 40.2 Å². The number of carboxylic acid groups (broad SMARTS) is 1. The van der Waals surface area contributed by atoms with Crippen molar-refractivity contribution in [2.24, 2.45) is 5.10 Å². The number of hydrazone groups is 1. The van der Waals surface area contributed by atoms with Gasteiger partial charge in [0.2, 0.25) is 5.71 Å². The summed E-state index contributed by atoms with van der Waals surface area (Å²) in [7, 11) is 0. The molecule has 0 unspecified atom stereocenters. The van der Waals surface area contributed by atoms with Crippen LogP contribution < -0.4 is 15.5 Å². The summed E-state index contributed by atoms with van der Waals surface area (Å²) in [5, 5.41) is 22.8. The molecule has 3 aromatic carbocycles. The second-order valence-electron chi connectivity index (χ2n) is 8.20. The number of nitriles is 1. The third-order valence-corrected chi connectivity index (χ3v) is 6.18. The number of rotatable bonds is 7. The van der Waals surface area contributed by atoms with Gasteiger partial charge < -0.3 is 14.7 Å². The predicted molar refractivity (Wildman–Crippen MR) is 141 cm³/mol. The van der Waals surface area contributed by atoms with Crippen molar-refractivity contribution >= 4 is 52.5 Å². The molecule has 3 N–H and O–H groups in total. The zero-order chi connectivity index (χ0) is 28.1. The van der Waals surface area contributed by atoms with E-state index in [2.05, 4.69) is 10.5 Å². The van der Waals surface area contributed by atoms with Gasteiger partial charge in [0.05, 0.1) is 15.7 Å². The molecule has 0 aromatic heterocycles. The van der Waals surface area contributed by atoms with E-state index >= 15 is 0 Å². The fourth-order valence-corrected chi connectivity index (χ4v) is 4.37. The average Bonchev–Trinajstić information content (AvgIpc) is 2.89. The molecule has 0 atom stereocenters. The van der Waals surface area contributed by atoms with Gasteiger partial charge in [0.25, 0.3) is 11.8 Å². The van der Waals surface area contributed by atoms with Crippen LogP contribution in [0, 0.1) is 17.1 Å². The summed E-state index contributed by atoms with van der Waals surface area (Å²) in [5.74, 6) is -1.30. The summed E-state index contributed by atoms with van der Waals surface area (Å²) in [4.78, 5) is 36.8. The van der Waals surface area contributed by atoms with Crippen molar-refractivity contribution in [2.45, 2.75) is 13.0 Å². The van der Waals surface area contributed by atoms with Crippen molar-refractivity contribution in [3.8, 4) is 17.6 Å². The molecule has 0 bridgehead atoms. The highest BCUT2D eigenvalue weighted by atomic mass is 35.5. The third-order valence-electron chi connectivity index (χ3n) is 5.62. The van der Waals surface area contributed by atoms with Gasteiger partial charge in [-0.25, -0.2) is 9.18 Å². The van der Waals surface area contributed by atoms with Gasteiger partial charge in [-0.3, -0.25) is 20.3 Å². The van der Waals surface area contributed by atoms with Crippen molar-refractivity contribution in [3.63, 3.8) is 0 Å². The molecule has 3 aromatic rings. The number of ether oxygens (including phenoxy) is 1.